The molecule has 0 unspecified atom stereocenters. The van der Waals surface area contributed by atoms with E-state index in [1.54, 1.807) is 6.92 Å². The minimum absolute atomic E-state index is 0.00683. The lowest BCUT2D eigenvalue weighted by Gasteiger charge is -2.28. The van der Waals surface area contributed by atoms with E-state index in [-0.39, 0.29) is 11.8 Å². The SMILES string of the molecule is CCn1cc(CCC(=O)N2CCN(Cc3ccccc3)CCCN(C(C)=O)c3ccc(Cl)cc3C2)c2ccccc21. The van der Waals surface area contributed by atoms with Crippen LogP contribution in [0.25, 0.3) is 10.9 Å². The van der Waals surface area contributed by atoms with Crippen molar-refractivity contribution in [2.45, 2.75) is 52.7 Å². The molecule has 0 spiro atoms. The molecule has 214 valence electrons. The summed E-state index contributed by atoms with van der Waals surface area (Å²) in [6, 6.07) is 24.5. The lowest BCUT2D eigenvalue weighted by molar-refractivity contribution is -0.132. The molecule has 2 amide bonds. The Bertz CT molecular complexity index is 1500. The number of para-hydroxylation sites is 1. The minimum Gasteiger partial charge on any atom is -0.347 e. The second kappa shape index (κ2) is 13.4. The molecule has 0 saturated carbocycles. The van der Waals surface area contributed by atoms with E-state index in [2.05, 4.69) is 71.1 Å². The van der Waals surface area contributed by atoms with Gasteiger partial charge in [0.1, 0.15) is 0 Å². The van der Waals surface area contributed by atoms with Crippen molar-refractivity contribution in [1.29, 1.82) is 0 Å². The molecule has 0 radical (unpaired) electrons. The Morgan fingerprint density at radius 1 is 0.902 bits per heavy atom. The maximum absolute atomic E-state index is 13.9. The fraction of sp³-hybridized carbons (Fsp3) is 0.353. The van der Waals surface area contributed by atoms with E-state index in [0.717, 1.165) is 43.9 Å². The third kappa shape index (κ3) is 7.00. The summed E-state index contributed by atoms with van der Waals surface area (Å²) < 4.78 is 2.25. The molecule has 1 aliphatic rings. The van der Waals surface area contributed by atoms with E-state index in [0.29, 0.717) is 37.5 Å². The molecule has 0 aliphatic carbocycles. The molecule has 6 nitrogen and oxygen atoms in total. The molecule has 0 atom stereocenters. The van der Waals surface area contributed by atoms with Crippen molar-refractivity contribution >= 4 is 40.0 Å². The van der Waals surface area contributed by atoms with E-state index in [1.807, 2.05) is 34.1 Å². The Balaban J connectivity index is 1.41. The van der Waals surface area contributed by atoms with Gasteiger partial charge in [0.15, 0.2) is 0 Å². The van der Waals surface area contributed by atoms with Crippen LogP contribution in [-0.2, 0) is 35.6 Å². The van der Waals surface area contributed by atoms with Crippen molar-refractivity contribution in [2.24, 2.45) is 0 Å². The lowest BCUT2D eigenvalue weighted by Crippen LogP contribution is -2.38. The fourth-order valence-electron chi connectivity index (χ4n) is 5.90. The van der Waals surface area contributed by atoms with Crippen LogP contribution in [0.4, 0.5) is 5.69 Å². The summed E-state index contributed by atoms with van der Waals surface area (Å²) in [6.45, 7) is 8.67. The third-order valence-electron chi connectivity index (χ3n) is 8.04. The molecule has 1 aliphatic heterocycles. The Labute approximate surface area is 248 Å². The first-order chi connectivity index (χ1) is 19.9. The van der Waals surface area contributed by atoms with Crippen molar-refractivity contribution in [1.82, 2.24) is 14.4 Å². The zero-order valence-corrected chi connectivity index (χ0v) is 24.8. The average molecular weight is 571 g/mol. The molecule has 41 heavy (non-hydrogen) atoms. The summed E-state index contributed by atoms with van der Waals surface area (Å²) in [4.78, 5) is 32.9. The van der Waals surface area contributed by atoms with Gasteiger partial charge in [-0.3, -0.25) is 14.5 Å². The topological polar surface area (TPSA) is 48.8 Å². The molecule has 7 heteroatoms. The van der Waals surface area contributed by atoms with Gasteiger partial charge in [-0.05, 0) is 60.7 Å². The molecule has 2 heterocycles. The number of aromatic nitrogens is 1. The minimum atomic E-state index is -0.00683. The first kappa shape index (κ1) is 28.9. The van der Waals surface area contributed by atoms with Crippen LogP contribution in [-0.4, -0.2) is 52.4 Å². The Kier molecular flexibility index (Phi) is 9.42. The average Bonchev–Trinajstić information content (AvgIpc) is 3.33. The van der Waals surface area contributed by atoms with E-state index in [1.165, 1.54) is 22.0 Å². The van der Waals surface area contributed by atoms with Gasteiger partial charge in [0.2, 0.25) is 11.8 Å². The van der Waals surface area contributed by atoms with E-state index < -0.39 is 0 Å². The number of hydrogen-bond donors (Lipinski definition) is 0. The quantitative estimate of drug-likeness (QED) is 0.265. The van der Waals surface area contributed by atoms with Crippen LogP contribution in [0.15, 0.2) is 79.0 Å². The van der Waals surface area contributed by atoms with Gasteiger partial charge >= 0.3 is 0 Å². The molecule has 0 saturated heterocycles. The van der Waals surface area contributed by atoms with Gasteiger partial charge in [0.25, 0.3) is 0 Å². The molecule has 5 rings (SSSR count). The molecule has 4 aromatic rings. The lowest BCUT2D eigenvalue weighted by atomic mass is 10.1. The standard InChI is InChI=1S/C34H39ClN4O2/c1-3-37-24-28(31-12-7-8-13-33(31)37)14-17-34(41)38-21-20-36(23-27-10-5-4-6-11-27)18-9-19-39(26(2)40)32-16-15-30(35)22-29(32)25-38/h4-8,10-13,15-16,22,24H,3,9,14,17-21,23,25H2,1-2H3. The Hall–Kier alpha value is -3.61. The van der Waals surface area contributed by atoms with Gasteiger partial charge in [-0.1, -0.05) is 60.1 Å². The van der Waals surface area contributed by atoms with E-state index in [4.69, 9.17) is 11.6 Å². The number of amides is 2. The smallest absolute Gasteiger partial charge is 0.223 e. The van der Waals surface area contributed by atoms with Gasteiger partial charge in [-0.15, -0.1) is 0 Å². The first-order valence-electron chi connectivity index (χ1n) is 14.6. The highest BCUT2D eigenvalue weighted by Gasteiger charge is 2.23. The Morgan fingerprint density at radius 2 is 1.68 bits per heavy atom. The fourth-order valence-corrected chi connectivity index (χ4v) is 6.09. The molecule has 3 aromatic carbocycles. The Morgan fingerprint density at radius 3 is 2.46 bits per heavy atom. The number of carbonyl (C=O) groups excluding carboxylic acids is 2. The van der Waals surface area contributed by atoms with Crippen molar-refractivity contribution in [3.8, 4) is 0 Å². The molecular weight excluding hydrogens is 532 g/mol. The zero-order chi connectivity index (χ0) is 28.8. The van der Waals surface area contributed by atoms with Crippen molar-refractivity contribution in [3.05, 3.63) is 101 Å². The van der Waals surface area contributed by atoms with E-state index in [9.17, 15) is 9.59 Å². The number of aryl methyl sites for hydroxylation is 2. The summed E-state index contributed by atoms with van der Waals surface area (Å²) in [6.07, 6.45) is 4.12. The highest BCUT2D eigenvalue weighted by molar-refractivity contribution is 6.30. The number of fused-ring (bicyclic) bond motifs is 2. The predicted octanol–water partition coefficient (Wildman–Crippen LogP) is 6.53. The van der Waals surface area contributed by atoms with Crippen LogP contribution in [0.3, 0.4) is 0 Å². The normalized spacial score (nSPS) is 15.0. The highest BCUT2D eigenvalue weighted by atomic mass is 35.5. The number of benzene rings is 3. The first-order valence-corrected chi connectivity index (χ1v) is 15.0. The van der Waals surface area contributed by atoms with Crippen LogP contribution in [0.5, 0.6) is 0 Å². The van der Waals surface area contributed by atoms with Gasteiger partial charge in [-0.2, -0.15) is 0 Å². The number of carbonyl (C=O) groups is 2. The van der Waals surface area contributed by atoms with Gasteiger partial charge < -0.3 is 14.4 Å². The maximum atomic E-state index is 13.9. The van der Waals surface area contributed by atoms with Gasteiger partial charge in [0, 0.05) is 87.0 Å². The highest BCUT2D eigenvalue weighted by Crippen LogP contribution is 2.28. The molecule has 0 N–H and O–H groups in total. The number of nitrogens with zero attached hydrogens (tertiary/aromatic N) is 4. The summed E-state index contributed by atoms with van der Waals surface area (Å²) >= 11 is 6.44. The predicted molar refractivity (Wildman–Crippen MR) is 167 cm³/mol. The second-order valence-corrected chi connectivity index (χ2v) is 11.3. The van der Waals surface area contributed by atoms with Gasteiger partial charge in [0.05, 0.1) is 0 Å². The maximum Gasteiger partial charge on any atom is 0.223 e. The molecule has 0 bridgehead atoms. The van der Waals surface area contributed by atoms with Gasteiger partial charge in [-0.25, -0.2) is 0 Å². The van der Waals surface area contributed by atoms with E-state index >= 15 is 0 Å². The van der Waals surface area contributed by atoms with Crippen LogP contribution in [0.1, 0.15) is 43.4 Å². The summed E-state index contributed by atoms with van der Waals surface area (Å²) in [5.41, 5.74) is 5.39. The number of halogens is 1. The van der Waals surface area contributed by atoms with Crippen LogP contribution < -0.4 is 4.90 Å². The van der Waals surface area contributed by atoms with Crippen molar-refractivity contribution in [3.63, 3.8) is 0 Å². The third-order valence-corrected chi connectivity index (χ3v) is 8.27. The van der Waals surface area contributed by atoms with Crippen LogP contribution in [0.2, 0.25) is 5.02 Å². The number of hydrogen-bond acceptors (Lipinski definition) is 3. The van der Waals surface area contributed by atoms with Crippen molar-refractivity contribution in [2.75, 3.05) is 31.1 Å². The summed E-state index contributed by atoms with van der Waals surface area (Å²) in [7, 11) is 0. The number of anilines is 1. The van der Waals surface area contributed by atoms with Crippen LogP contribution in [0, 0.1) is 0 Å². The summed E-state index contributed by atoms with van der Waals surface area (Å²) in [5, 5.41) is 1.82. The number of rotatable bonds is 6. The molecule has 0 fully saturated rings. The van der Waals surface area contributed by atoms with Crippen LogP contribution >= 0.6 is 11.6 Å². The molecular formula is C34H39ClN4O2. The second-order valence-electron chi connectivity index (χ2n) is 10.8. The monoisotopic (exact) mass is 570 g/mol. The summed E-state index contributed by atoms with van der Waals surface area (Å²) in [5.74, 6) is 0.102. The largest absolute Gasteiger partial charge is 0.347 e. The zero-order valence-electron chi connectivity index (χ0n) is 24.1. The molecule has 1 aromatic heterocycles. The van der Waals surface area contributed by atoms with Crippen molar-refractivity contribution < 1.29 is 9.59 Å².